The lowest BCUT2D eigenvalue weighted by Gasteiger charge is -2.23. The zero-order chi connectivity index (χ0) is 23.9. The van der Waals surface area contributed by atoms with Gasteiger partial charge in [-0.15, -0.1) is 0 Å². The zero-order valence-electron chi connectivity index (χ0n) is 18.7. The molecule has 0 aliphatic rings. The molecule has 0 saturated carbocycles. The summed E-state index contributed by atoms with van der Waals surface area (Å²) in [6.45, 7) is 1.89. The van der Waals surface area contributed by atoms with Crippen LogP contribution in [-0.2, 0) is 16.1 Å². The smallest absolute Gasteiger partial charge is 0.337 e. The molecule has 1 amide bonds. The quantitative estimate of drug-likeness (QED) is 0.417. The molecule has 1 N–H and O–H groups in total. The molecular weight excluding hydrogens is 432 g/mol. The minimum Gasteiger partial charge on any atom is -0.465 e. The van der Waals surface area contributed by atoms with Crippen LogP contribution in [0, 0.1) is 0 Å². The fourth-order valence-electron chi connectivity index (χ4n) is 3.32. The van der Waals surface area contributed by atoms with Crippen LogP contribution in [0.25, 0.3) is 11.1 Å². The van der Waals surface area contributed by atoms with Crippen molar-refractivity contribution < 1.29 is 14.3 Å². The number of pyridine rings is 2. The maximum Gasteiger partial charge on any atom is 0.337 e. The van der Waals surface area contributed by atoms with Gasteiger partial charge in [0.25, 0.3) is 0 Å². The monoisotopic (exact) mass is 454 g/mol. The number of ether oxygens (including phenoxy) is 1. The fourth-order valence-corrected chi connectivity index (χ4v) is 3.32. The van der Waals surface area contributed by atoms with Gasteiger partial charge in [0.1, 0.15) is 11.6 Å². The molecule has 0 unspecified atom stereocenters. The van der Waals surface area contributed by atoms with E-state index in [9.17, 15) is 9.59 Å². The van der Waals surface area contributed by atoms with E-state index >= 15 is 0 Å². The van der Waals surface area contributed by atoms with E-state index in [4.69, 9.17) is 4.74 Å². The van der Waals surface area contributed by atoms with Crippen molar-refractivity contribution in [1.82, 2.24) is 19.9 Å². The van der Waals surface area contributed by atoms with Gasteiger partial charge in [-0.05, 0) is 47.5 Å². The Balaban J connectivity index is 1.65. The van der Waals surface area contributed by atoms with Crippen LogP contribution in [0.15, 0.2) is 79.5 Å². The second-order valence-corrected chi connectivity index (χ2v) is 7.35. The van der Waals surface area contributed by atoms with Gasteiger partial charge in [-0.3, -0.25) is 9.78 Å². The topological polar surface area (TPSA) is 110 Å². The molecule has 4 aromatic rings. The molecule has 3 heterocycles. The first-order valence-electron chi connectivity index (χ1n) is 10.4. The highest BCUT2D eigenvalue weighted by Gasteiger charge is 2.15. The van der Waals surface area contributed by atoms with Crippen LogP contribution in [0.1, 0.15) is 22.8 Å². The van der Waals surface area contributed by atoms with Crippen molar-refractivity contribution in [3.8, 4) is 11.1 Å². The van der Waals surface area contributed by atoms with Crippen LogP contribution in [0.3, 0.4) is 0 Å². The second-order valence-electron chi connectivity index (χ2n) is 7.35. The van der Waals surface area contributed by atoms with Crippen molar-refractivity contribution in [2.45, 2.75) is 13.5 Å². The van der Waals surface area contributed by atoms with E-state index in [0.717, 1.165) is 16.7 Å². The van der Waals surface area contributed by atoms with Crippen molar-refractivity contribution in [3.63, 3.8) is 0 Å². The van der Waals surface area contributed by atoms with Gasteiger partial charge in [-0.2, -0.15) is 0 Å². The van der Waals surface area contributed by atoms with Crippen LogP contribution in [0.4, 0.5) is 17.5 Å². The Morgan fingerprint density at radius 3 is 2.32 bits per heavy atom. The van der Waals surface area contributed by atoms with Crippen molar-refractivity contribution in [3.05, 3.63) is 90.6 Å². The Morgan fingerprint density at radius 2 is 1.68 bits per heavy atom. The molecule has 0 spiro atoms. The van der Waals surface area contributed by atoms with Gasteiger partial charge in [0, 0.05) is 37.3 Å². The second kappa shape index (κ2) is 10.3. The Bertz CT molecular complexity index is 1280. The van der Waals surface area contributed by atoms with E-state index in [2.05, 4.69) is 25.3 Å². The molecule has 0 atom stereocenters. The van der Waals surface area contributed by atoms with Gasteiger partial charge in [-0.1, -0.05) is 12.1 Å². The van der Waals surface area contributed by atoms with Crippen molar-refractivity contribution in [2.24, 2.45) is 0 Å². The first kappa shape index (κ1) is 22.5. The predicted octanol–water partition coefficient (Wildman–Crippen LogP) is 4.02. The Morgan fingerprint density at radius 1 is 0.882 bits per heavy atom. The number of rotatable bonds is 7. The summed E-state index contributed by atoms with van der Waals surface area (Å²) in [5.74, 6) is 1.22. The molecule has 0 fully saturated rings. The summed E-state index contributed by atoms with van der Waals surface area (Å²) in [6.07, 6.45) is 8.32. The molecule has 3 aromatic heterocycles. The number of carbonyl (C=O) groups excluding carboxylic acids is 2. The highest BCUT2D eigenvalue weighted by molar-refractivity contribution is 5.89. The molecule has 0 radical (unpaired) electrons. The number of aromatic nitrogens is 4. The lowest BCUT2D eigenvalue weighted by molar-refractivity contribution is -0.114. The minimum absolute atomic E-state index is 0.175. The van der Waals surface area contributed by atoms with Gasteiger partial charge < -0.3 is 15.0 Å². The van der Waals surface area contributed by atoms with Gasteiger partial charge in [-0.25, -0.2) is 19.7 Å². The number of methoxy groups -OCH3 is 1. The van der Waals surface area contributed by atoms with Gasteiger partial charge in [0.2, 0.25) is 5.91 Å². The molecule has 34 heavy (non-hydrogen) atoms. The largest absolute Gasteiger partial charge is 0.465 e. The van der Waals surface area contributed by atoms with Crippen LogP contribution in [0.5, 0.6) is 0 Å². The zero-order valence-corrected chi connectivity index (χ0v) is 18.7. The van der Waals surface area contributed by atoms with Crippen LogP contribution >= 0.6 is 0 Å². The van der Waals surface area contributed by atoms with Gasteiger partial charge >= 0.3 is 5.97 Å². The lowest BCUT2D eigenvalue weighted by Crippen LogP contribution is -2.19. The summed E-state index contributed by atoms with van der Waals surface area (Å²) in [7, 11) is 1.35. The van der Waals surface area contributed by atoms with Crippen LogP contribution < -0.4 is 10.2 Å². The van der Waals surface area contributed by atoms with Crippen molar-refractivity contribution in [2.75, 3.05) is 17.3 Å². The average Bonchev–Trinajstić information content (AvgIpc) is 2.88. The molecule has 9 nitrogen and oxygen atoms in total. The molecule has 0 aliphatic carbocycles. The van der Waals surface area contributed by atoms with E-state index in [1.165, 1.54) is 14.0 Å². The van der Waals surface area contributed by atoms with Gasteiger partial charge in [0.05, 0.1) is 25.4 Å². The molecule has 0 saturated heterocycles. The van der Waals surface area contributed by atoms with E-state index in [-0.39, 0.29) is 11.9 Å². The van der Waals surface area contributed by atoms with Crippen LogP contribution in [-0.4, -0.2) is 38.9 Å². The summed E-state index contributed by atoms with van der Waals surface area (Å²) in [6, 6.07) is 14.6. The first-order chi connectivity index (χ1) is 16.5. The number of nitrogens with one attached hydrogen (secondary N) is 1. The molecule has 4 rings (SSSR count). The van der Waals surface area contributed by atoms with Crippen LogP contribution in [0.2, 0.25) is 0 Å². The number of benzene rings is 1. The third kappa shape index (κ3) is 5.39. The number of carbonyl (C=O) groups is 2. The molecule has 1 aromatic carbocycles. The van der Waals surface area contributed by atoms with E-state index in [0.29, 0.717) is 29.6 Å². The number of hydrogen-bond donors (Lipinski definition) is 1. The maximum absolute atomic E-state index is 11.7. The maximum atomic E-state index is 11.7. The highest BCUT2D eigenvalue weighted by Crippen LogP contribution is 2.28. The summed E-state index contributed by atoms with van der Waals surface area (Å²) in [5, 5.41) is 2.66. The summed E-state index contributed by atoms with van der Waals surface area (Å²) >= 11 is 0. The highest BCUT2D eigenvalue weighted by atomic mass is 16.5. The summed E-state index contributed by atoms with van der Waals surface area (Å²) < 4.78 is 4.77. The van der Waals surface area contributed by atoms with Crippen molar-refractivity contribution >= 4 is 29.3 Å². The molecular formula is C25H22N6O3. The summed E-state index contributed by atoms with van der Waals surface area (Å²) in [5.41, 5.74) is 3.21. The number of nitrogens with zero attached hydrogens (tertiary/aromatic N) is 5. The number of anilines is 3. The normalized spacial score (nSPS) is 10.4. The van der Waals surface area contributed by atoms with Crippen molar-refractivity contribution in [1.29, 1.82) is 0 Å². The number of esters is 1. The Kier molecular flexibility index (Phi) is 6.83. The third-order valence-electron chi connectivity index (χ3n) is 4.96. The predicted molar refractivity (Wildman–Crippen MR) is 127 cm³/mol. The Hall–Kier alpha value is -4.66. The fraction of sp³-hybridized carbons (Fsp3) is 0.120. The first-order valence-corrected chi connectivity index (χ1v) is 10.4. The third-order valence-corrected chi connectivity index (χ3v) is 4.96. The molecule has 0 aliphatic heterocycles. The van der Waals surface area contributed by atoms with E-state index < -0.39 is 0 Å². The summed E-state index contributed by atoms with van der Waals surface area (Å²) in [4.78, 5) is 42.4. The van der Waals surface area contributed by atoms with Gasteiger partial charge in [0.15, 0.2) is 5.82 Å². The van der Waals surface area contributed by atoms with E-state index in [1.807, 2.05) is 35.2 Å². The van der Waals surface area contributed by atoms with E-state index in [1.54, 1.807) is 49.2 Å². The minimum atomic E-state index is -0.384. The lowest BCUT2D eigenvalue weighted by atomic mass is 10.1. The Labute approximate surface area is 196 Å². The number of amides is 1. The SMILES string of the molecule is COC(=O)c1ccc(CN(c2cnccn2)c2cc(-c3ccc(NC(C)=O)nc3)ccn2)cc1. The molecule has 0 bridgehead atoms. The molecule has 9 heteroatoms. The average molecular weight is 454 g/mol. The standard InChI is InChI=1S/C25H22N6O3/c1-17(32)30-22-8-7-21(14-29-22)20-9-10-27-23(13-20)31(24-15-26-11-12-28-24)16-18-3-5-19(6-4-18)25(33)34-2/h3-15H,16H2,1-2H3,(H,29,30,32). The molecule has 170 valence electrons. The number of hydrogen-bond acceptors (Lipinski definition) is 8.